The Morgan fingerprint density at radius 2 is 1.87 bits per heavy atom. The van der Waals surface area contributed by atoms with Gasteiger partial charge >= 0.3 is 0 Å². The first kappa shape index (κ1) is 33.8. The number of fused-ring (bicyclic) bond motifs is 8. The van der Waals surface area contributed by atoms with Crippen LogP contribution in [-0.2, 0) is 12.8 Å². The van der Waals surface area contributed by atoms with Crippen LogP contribution in [-0.4, -0.2) is 70.3 Å². The lowest BCUT2D eigenvalue weighted by Gasteiger charge is -2.47. The molecule has 2 heterocycles. The van der Waals surface area contributed by atoms with E-state index in [1.54, 1.807) is 12.1 Å². The van der Waals surface area contributed by atoms with E-state index in [0.717, 1.165) is 68.8 Å². The number of carbonyl (C=O) groups excluding carboxylic acids is 1. The Labute approximate surface area is 283 Å². The Bertz CT molecular complexity index is 1590. The van der Waals surface area contributed by atoms with Crippen molar-refractivity contribution in [1.82, 2.24) is 9.88 Å². The lowest BCUT2D eigenvalue weighted by molar-refractivity contribution is -0.0841. The summed E-state index contributed by atoms with van der Waals surface area (Å²) in [7, 11) is 0. The number of carbonyl (C=O) groups is 1. The van der Waals surface area contributed by atoms with E-state index in [-0.39, 0.29) is 28.7 Å². The van der Waals surface area contributed by atoms with Crippen molar-refractivity contribution in [2.24, 2.45) is 5.41 Å². The minimum Gasteiger partial charge on any atom is -0.393 e. The lowest BCUT2D eigenvalue weighted by atomic mass is 9.64. The molecule has 3 aliphatic carbocycles. The van der Waals surface area contributed by atoms with Crippen molar-refractivity contribution in [3.63, 3.8) is 0 Å². The average molecular weight is 660 g/mol. The topological polar surface area (TPSA) is 76.9 Å². The van der Waals surface area contributed by atoms with Crippen LogP contribution in [0.3, 0.4) is 0 Å². The van der Waals surface area contributed by atoms with Crippen LogP contribution < -0.4 is 4.90 Å². The summed E-state index contributed by atoms with van der Waals surface area (Å²) in [6, 6.07) is 16.4. The van der Waals surface area contributed by atoms with Gasteiger partial charge in [0.15, 0.2) is 5.78 Å². The van der Waals surface area contributed by atoms with E-state index in [9.17, 15) is 19.4 Å². The SMILES string of the molecule is CC1=CCCC2(C)C(CCC2(O)CN2CCN(c3ccccn3)CC2)c2ccc(cc2C(=O)Cc2c(F)cccc2Cl)CC(O)CC1. The van der Waals surface area contributed by atoms with Gasteiger partial charge in [0.2, 0.25) is 0 Å². The van der Waals surface area contributed by atoms with E-state index in [2.05, 4.69) is 34.7 Å². The van der Waals surface area contributed by atoms with Crippen LogP contribution in [0, 0.1) is 11.2 Å². The molecule has 1 saturated carbocycles. The van der Waals surface area contributed by atoms with Crippen LogP contribution in [0.4, 0.5) is 10.2 Å². The second-order valence-corrected chi connectivity index (χ2v) is 14.6. The summed E-state index contributed by atoms with van der Waals surface area (Å²) in [5.41, 5.74) is 2.29. The Kier molecular flexibility index (Phi) is 10.2. The third kappa shape index (κ3) is 7.19. The molecule has 2 aromatic carbocycles. The molecule has 0 spiro atoms. The number of halogens is 2. The molecule has 1 aromatic heterocycles. The number of pyridine rings is 1. The molecule has 0 radical (unpaired) electrons. The maximum absolute atomic E-state index is 14.9. The van der Waals surface area contributed by atoms with Crippen LogP contribution >= 0.6 is 11.6 Å². The normalized spacial score (nSPS) is 27.3. The molecule has 250 valence electrons. The van der Waals surface area contributed by atoms with Gasteiger partial charge in [-0.15, -0.1) is 0 Å². The van der Waals surface area contributed by atoms with Gasteiger partial charge in [0.1, 0.15) is 11.6 Å². The number of β-amino-alcohol motifs (C(OH)–C–C–N with tert-alkyl or cyclic N) is 1. The summed E-state index contributed by atoms with van der Waals surface area (Å²) in [5, 5.41) is 23.8. The Morgan fingerprint density at radius 1 is 1.06 bits per heavy atom. The summed E-state index contributed by atoms with van der Waals surface area (Å²) < 4.78 is 14.9. The van der Waals surface area contributed by atoms with Gasteiger partial charge in [0.05, 0.1) is 11.7 Å². The van der Waals surface area contributed by atoms with Crippen molar-refractivity contribution in [2.75, 3.05) is 37.6 Å². The molecule has 6 nitrogen and oxygen atoms in total. The van der Waals surface area contributed by atoms with Crippen LogP contribution in [0.15, 0.2) is 72.4 Å². The highest BCUT2D eigenvalue weighted by atomic mass is 35.5. The number of allylic oxidation sites excluding steroid dienone is 2. The molecule has 7 rings (SSSR count). The van der Waals surface area contributed by atoms with E-state index < -0.39 is 22.9 Å². The molecule has 0 amide bonds. The predicted molar refractivity (Wildman–Crippen MR) is 186 cm³/mol. The Morgan fingerprint density at radius 3 is 2.62 bits per heavy atom. The number of ketones is 1. The van der Waals surface area contributed by atoms with E-state index in [1.807, 2.05) is 42.6 Å². The molecular weight excluding hydrogens is 613 g/mol. The minimum absolute atomic E-state index is 0.0760. The van der Waals surface area contributed by atoms with E-state index in [4.69, 9.17) is 11.6 Å². The molecule has 2 fully saturated rings. The standard InChI is InChI=1S/C39H47ClFN3O3/c1-27-7-6-16-38(2)33(15-17-39(38,47)26-43-19-21-44(22-20-43)37-10-3-4-18-42-37)30-14-12-28(23-29(45)13-11-27)24-31(30)36(46)25-32-34(40)8-5-9-35(32)41/h3-5,7-10,12,14,18,24,29,33,45,47H,6,11,13,15-17,19-23,25-26H2,1-2H3. The van der Waals surface area contributed by atoms with Crippen molar-refractivity contribution in [3.8, 4) is 0 Å². The first-order valence-corrected chi connectivity index (χ1v) is 17.5. The van der Waals surface area contributed by atoms with Gasteiger partial charge in [-0.25, -0.2) is 9.37 Å². The van der Waals surface area contributed by atoms with E-state index in [1.165, 1.54) is 11.6 Å². The largest absolute Gasteiger partial charge is 0.393 e. The molecular formula is C39H47ClFN3O3. The molecule has 4 aliphatic rings. The van der Waals surface area contributed by atoms with Gasteiger partial charge in [0, 0.05) is 66.9 Å². The predicted octanol–water partition coefficient (Wildman–Crippen LogP) is 7.16. The first-order valence-electron chi connectivity index (χ1n) is 17.1. The highest BCUT2D eigenvalue weighted by molar-refractivity contribution is 6.31. The van der Waals surface area contributed by atoms with Crippen molar-refractivity contribution in [3.05, 3.63) is 106 Å². The van der Waals surface area contributed by atoms with Crippen molar-refractivity contribution in [2.45, 2.75) is 82.8 Å². The second-order valence-electron chi connectivity index (χ2n) is 14.2. The number of piperazine rings is 1. The van der Waals surface area contributed by atoms with Crippen molar-refractivity contribution < 1.29 is 19.4 Å². The van der Waals surface area contributed by atoms with E-state index >= 15 is 0 Å². The molecule has 2 bridgehead atoms. The van der Waals surface area contributed by atoms with Crippen molar-refractivity contribution >= 4 is 23.2 Å². The number of hydrogen-bond acceptors (Lipinski definition) is 6. The zero-order valence-electron chi connectivity index (χ0n) is 27.6. The summed E-state index contributed by atoms with van der Waals surface area (Å²) in [6.45, 7) is 8.27. The Hall–Kier alpha value is -3.10. The number of hydrogen-bond donors (Lipinski definition) is 2. The lowest BCUT2D eigenvalue weighted by Crippen LogP contribution is -2.56. The fourth-order valence-corrected chi connectivity index (χ4v) is 8.47. The molecule has 2 N–H and O–H groups in total. The second kappa shape index (κ2) is 14.2. The fraction of sp³-hybridized carbons (Fsp3) is 0.487. The summed E-state index contributed by atoms with van der Waals surface area (Å²) >= 11 is 6.37. The van der Waals surface area contributed by atoms with Crippen LogP contribution in [0.2, 0.25) is 5.02 Å². The van der Waals surface area contributed by atoms with Crippen LogP contribution in [0.1, 0.15) is 85.3 Å². The Balaban J connectivity index is 1.33. The average Bonchev–Trinajstić information content (AvgIpc) is 3.31. The fourth-order valence-electron chi connectivity index (χ4n) is 8.24. The third-order valence-electron chi connectivity index (χ3n) is 11.2. The summed E-state index contributed by atoms with van der Waals surface area (Å²) in [5.74, 6) is 0.214. The number of nitrogens with zero attached hydrogens (tertiary/aromatic N) is 3. The maximum Gasteiger partial charge on any atom is 0.167 e. The zero-order chi connectivity index (χ0) is 33.2. The highest BCUT2D eigenvalue weighted by Gasteiger charge is 2.57. The number of rotatable bonds is 6. The maximum atomic E-state index is 14.9. The van der Waals surface area contributed by atoms with Gasteiger partial charge < -0.3 is 15.1 Å². The van der Waals surface area contributed by atoms with Gasteiger partial charge in [0.25, 0.3) is 0 Å². The minimum atomic E-state index is -0.965. The molecule has 3 aromatic rings. The van der Waals surface area contributed by atoms with Crippen LogP contribution in [0.5, 0.6) is 0 Å². The molecule has 1 saturated heterocycles. The molecule has 1 aliphatic heterocycles. The number of benzene rings is 2. The zero-order valence-corrected chi connectivity index (χ0v) is 28.4. The molecule has 47 heavy (non-hydrogen) atoms. The smallest absolute Gasteiger partial charge is 0.167 e. The number of anilines is 1. The highest BCUT2D eigenvalue weighted by Crippen LogP contribution is 2.59. The van der Waals surface area contributed by atoms with Gasteiger partial charge in [-0.2, -0.15) is 0 Å². The number of aromatic nitrogens is 1. The van der Waals surface area contributed by atoms with Gasteiger partial charge in [-0.1, -0.05) is 54.4 Å². The van der Waals surface area contributed by atoms with Crippen molar-refractivity contribution in [1.29, 1.82) is 0 Å². The number of aliphatic hydroxyl groups excluding tert-OH is 1. The number of aliphatic hydroxyl groups is 2. The van der Waals surface area contributed by atoms with Crippen LogP contribution in [0.25, 0.3) is 0 Å². The quantitative estimate of drug-likeness (QED) is 0.216. The number of Topliss-reactive ketones (excluding diaryl/α,β-unsaturated/α-hetero) is 1. The first-order chi connectivity index (χ1) is 22.6. The molecule has 8 heteroatoms. The summed E-state index contributed by atoms with van der Waals surface area (Å²) in [4.78, 5) is 23.3. The third-order valence-corrected chi connectivity index (χ3v) is 11.6. The van der Waals surface area contributed by atoms with E-state index in [0.29, 0.717) is 31.4 Å². The molecule has 4 unspecified atom stereocenters. The monoisotopic (exact) mass is 659 g/mol. The molecule has 4 atom stereocenters. The summed E-state index contributed by atoms with van der Waals surface area (Å²) in [6.07, 6.45) is 8.20. The van der Waals surface area contributed by atoms with Gasteiger partial charge in [-0.05, 0) is 99.2 Å². The van der Waals surface area contributed by atoms with Gasteiger partial charge in [-0.3, -0.25) is 9.69 Å².